The summed E-state index contributed by atoms with van der Waals surface area (Å²) in [6.45, 7) is 5.99. The van der Waals surface area contributed by atoms with Gasteiger partial charge in [-0.05, 0) is 60.9 Å². The van der Waals surface area contributed by atoms with E-state index >= 15 is 0 Å². The Hall–Kier alpha value is -3.54. The molecule has 0 aliphatic heterocycles. The van der Waals surface area contributed by atoms with Gasteiger partial charge in [0, 0.05) is 11.6 Å². The molecule has 2 aromatic heterocycles. The van der Waals surface area contributed by atoms with Crippen LogP contribution >= 0.6 is 0 Å². The van der Waals surface area contributed by atoms with E-state index in [2.05, 4.69) is 15.4 Å². The summed E-state index contributed by atoms with van der Waals surface area (Å²) in [5.41, 5.74) is 4.57. The summed E-state index contributed by atoms with van der Waals surface area (Å²) in [6.07, 6.45) is 3.30. The lowest BCUT2D eigenvalue weighted by Crippen LogP contribution is -2.15. The van der Waals surface area contributed by atoms with Gasteiger partial charge in [-0.25, -0.2) is 9.07 Å². The SMILES string of the molecule is Cc1ccc(NC(=O)c2cnn(-c3ccc(F)cc3)c2C(C)C)c2cccnc12. The summed E-state index contributed by atoms with van der Waals surface area (Å²) in [5, 5.41) is 8.29. The van der Waals surface area contributed by atoms with Crippen molar-refractivity contribution < 1.29 is 9.18 Å². The number of fused-ring (bicyclic) bond motifs is 1. The molecule has 0 spiro atoms. The third-order valence-corrected chi connectivity index (χ3v) is 4.89. The zero-order valence-electron chi connectivity index (χ0n) is 16.5. The third kappa shape index (κ3) is 3.49. The first kappa shape index (κ1) is 18.8. The molecule has 6 heteroatoms. The van der Waals surface area contributed by atoms with Crippen molar-refractivity contribution in [2.45, 2.75) is 26.7 Å². The molecule has 0 aliphatic rings. The predicted molar refractivity (Wildman–Crippen MR) is 112 cm³/mol. The van der Waals surface area contributed by atoms with Crippen molar-refractivity contribution in [2.24, 2.45) is 0 Å². The lowest BCUT2D eigenvalue weighted by atomic mass is 10.0. The van der Waals surface area contributed by atoms with Crippen LogP contribution < -0.4 is 5.32 Å². The van der Waals surface area contributed by atoms with Crippen molar-refractivity contribution in [2.75, 3.05) is 5.32 Å². The lowest BCUT2D eigenvalue weighted by Gasteiger charge is -2.14. The van der Waals surface area contributed by atoms with Crippen molar-refractivity contribution in [3.05, 3.63) is 83.6 Å². The number of pyridine rings is 1. The van der Waals surface area contributed by atoms with Crippen LogP contribution in [0.2, 0.25) is 0 Å². The van der Waals surface area contributed by atoms with E-state index in [0.29, 0.717) is 16.9 Å². The number of halogens is 1. The Morgan fingerprint density at radius 2 is 1.86 bits per heavy atom. The van der Waals surface area contributed by atoms with Gasteiger partial charge >= 0.3 is 0 Å². The monoisotopic (exact) mass is 388 g/mol. The van der Waals surface area contributed by atoms with Gasteiger partial charge in [0.05, 0.1) is 34.3 Å². The second kappa shape index (κ2) is 7.47. The van der Waals surface area contributed by atoms with Crippen LogP contribution in [0.3, 0.4) is 0 Å². The highest BCUT2D eigenvalue weighted by molar-refractivity contribution is 6.09. The van der Waals surface area contributed by atoms with Crippen LogP contribution in [0.25, 0.3) is 16.6 Å². The van der Waals surface area contributed by atoms with Crippen LogP contribution in [0.15, 0.2) is 60.9 Å². The highest BCUT2D eigenvalue weighted by Crippen LogP contribution is 2.27. The largest absolute Gasteiger partial charge is 0.321 e. The standard InChI is InChI=1S/C23H21FN4O/c1-14(2)22-19(13-26-28(22)17-9-7-16(24)8-10-17)23(29)27-20-11-6-15(3)21-18(20)5-4-12-25-21/h4-14H,1-3H3,(H,27,29). The number of anilines is 1. The van der Waals surface area contributed by atoms with E-state index < -0.39 is 0 Å². The summed E-state index contributed by atoms with van der Waals surface area (Å²) in [7, 11) is 0. The topological polar surface area (TPSA) is 59.8 Å². The summed E-state index contributed by atoms with van der Waals surface area (Å²) >= 11 is 0. The average molecular weight is 388 g/mol. The van der Waals surface area contributed by atoms with Crippen LogP contribution in [-0.2, 0) is 0 Å². The van der Waals surface area contributed by atoms with Crippen LogP contribution in [-0.4, -0.2) is 20.7 Å². The smallest absolute Gasteiger partial charge is 0.259 e. The Morgan fingerprint density at radius 3 is 2.59 bits per heavy atom. The first-order chi connectivity index (χ1) is 14.0. The molecule has 0 atom stereocenters. The molecule has 0 saturated heterocycles. The Balaban J connectivity index is 1.73. The van der Waals surface area contributed by atoms with Crippen molar-refractivity contribution in [3.63, 3.8) is 0 Å². The first-order valence-electron chi connectivity index (χ1n) is 9.45. The van der Waals surface area contributed by atoms with E-state index in [4.69, 9.17) is 0 Å². The maximum atomic E-state index is 13.3. The van der Waals surface area contributed by atoms with Gasteiger partial charge < -0.3 is 5.32 Å². The lowest BCUT2D eigenvalue weighted by molar-refractivity contribution is 0.102. The van der Waals surface area contributed by atoms with Gasteiger partial charge in [-0.3, -0.25) is 9.78 Å². The van der Waals surface area contributed by atoms with E-state index in [0.717, 1.165) is 22.2 Å². The number of carbonyl (C=O) groups is 1. The molecule has 2 aromatic carbocycles. The van der Waals surface area contributed by atoms with E-state index in [1.54, 1.807) is 29.2 Å². The number of benzene rings is 2. The third-order valence-electron chi connectivity index (χ3n) is 4.89. The van der Waals surface area contributed by atoms with Crippen molar-refractivity contribution in [1.29, 1.82) is 0 Å². The van der Waals surface area contributed by atoms with Gasteiger partial charge in [-0.1, -0.05) is 19.9 Å². The highest BCUT2D eigenvalue weighted by Gasteiger charge is 2.21. The van der Waals surface area contributed by atoms with Gasteiger partial charge in [0.2, 0.25) is 0 Å². The Morgan fingerprint density at radius 1 is 1.10 bits per heavy atom. The number of rotatable bonds is 4. The molecule has 29 heavy (non-hydrogen) atoms. The molecule has 0 unspecified atom stereocenters. The Bertz CT molecular complexity index is 1200. The molecular formula is C23H21FN4O. The normalized spacial score (nSPS) is 11.2. The maximum absolute atomic E-state index is 13.3. The minimum atomic E-state index is -0.315. The fraction of sp³-hybridized carbons (Fsp3) is 0.174. The quantitative estimate of drug-likeness (QED) is 0.520. The molecule has 4 rings (SSSR count). The molecule has 0 radical (unpaired) electrons. The predicted octanol–water partition coefficient (Wildman–Crippen LogP) is 5.24. The van der Waals surface area contributed by atoms with E-state index in [1.807, 2.05) is 45.0 Å². The summed E-state index contributed by atoms with van der Waals surface area (Å²) in [6, 6.07) is 13.7. The maximum Gasteiger partial charge on any atom is 0.259 e. The minimum Gasteiger partial charge on any atom is -0.321 e. The number of carbonyl (C=O) groups excluding carboxylic acids is 1. The van der Waals surface area contributed by atoms with Crippen LogP contribution in [0, 0.1) is 12.7 Å². The van der Waals surface area contributed by atoms with Gasteiger partial charge in [0.1, 0.15) is 5.82 Å². The van der Waals surface area contributed by atoms with Crippen molar-refractivity contribution >= 4 is 22.5 Å². The highest BCUT2D eigenvalue weighted by atomic mass is 19.1. The molecule has 5 nitrogen and oxygen atoms in total. The number of hydrogen-bond donors (Lipinski definition) is 1. The molecule has 0 aliphatic carbocycles. The van der Waals surface area contributed by atoms with Gasteiger partial charge in [0.25, 0.3) is 5.91 Å². The Labute approximate surface area is 168 Å². The zero-order chi connectivity index (χ0) is 20.5. The Kier molecular flexibility index (Phi) is 4.84. The van der Waals surface area contributed by atoms with E-state index in [-0.39, 0.29) is 17.6 Å². The molecule has 146 valence electrons. The number of amides is 1. The van der Waals surface area contributed by atoms with Gasteiger partial charge in [-0.2, -0.15) is 5.10 Å². The number of hydrogen-bond acceptors (Lipinski definition) is 3. The molecule has 1 N–H and O–H groups in total. The molecule has 0 bridgehead atoms. The second-order valence-electron chi connectivity index (χ2n) is 7.27. The van der Waals surface area contributed by atoms with Gasteiger partial charge in [-0.15, -0.1) is 0 Å². The van der Waals surface area contributed by atoms with Crippen molar-refractivity contribution in [3.8, 4) is 5.69 Å². The molecule has 1 amide bonds. The fourth-order valence-electron chi connectivity index (χ4n) is 3.49. The fourth-order valence-corrected chi connectivity index (χ4v) is 3.49. The average Bonchev–Trinajstić information content (AvgIpc) is 3.16. The minimum absolute atomic E-state index is 0.0414. The summed E-state index contributed by atoms with van der Waals surface area (Å²) in [5.74, 6) is -0.513. The second-order valence-corrected chi connectivity index (χ2v) is 7.27. The van der Waals surface area contributed by atoms with E-state index in [9.17, 15) is 9.18 Å². The summed E-state index contributed by atoms with van der Waals surface area (Å²) < 4.78 is 15.0. The van der Waals surface area contributed by atoms with Gasteiger partial charge in [0.15, 0.2) is 0 Å². The van der Waals surface area contributed by atoms with Crippen LogP contribution in [0.4, 0.5) is 10.1 Å². The number of aryl methyl sites for hydroxylation is 1. The number of nitrogens with one attached hydrogen (secondary N) is 1. The molecular weight excluding hydrogens is 367 g/mol. The van der Waals surface area contributed by atoms with Crippen molar-refractivity contribution in [1.82, 2.24) is 14.8 Å². The number of nitrogens with zero attached hydrogens (tertiary/aromatic N) is 3. The van der Waals surface area contributed by atoms with Crippen LogP contribution in [0.1, 0.15) is 41.4 Å². The first-order valence-corrected chi connectivity index (χ1v) is 9.45. The molecule has 2 heterocycles. The molecule has 0 fully saturated rings. The van der Waals surface area contributed by atoms with Crippen LogP contribution in [0.5, 0.6) is 0 Å². The van der Waals surface area contributed by atoms with E-state index in [1.165, 1.54) is 12.1 Å². The molecule has 4 aromatic rings. The molecule has 0 saturated carbocycles. The number of aromatic nitrogens is 3. The zero-order valence-corrected chi connectivity index (χ0v) is 16.5. The summed E-state index contributed by atoms with van der Waals surface area (Å²) in [4.78, 5) is 17.5.